The van der Waals surface area contributed by atoms with Gasteiger partial charge in [-0.25, -0.2) is 0 Å². The van der Waals surface area contributed by atoms with Gasteiger partial charge < -0.3 is 9.47 Å². The summed E-state index contributed by atoms with van der Waals surface area (Å²) in [5.74, 6) is 3.01. The van der Waals surface area contributed by atoms with Gasteiger partial charge in [0, 0.05) is 36.5 Å². The van der Waals surface area contributed by atoms with Crippen LogP contribution in [0.2, 0.25) is 0 Å². The van der Waals surface area contributed by atoms with Crippen molar-refractivity contribution in [2.45, 2.75) is 18.9 Å². The summed E-state index contributed by atoms with van der Waals surface area (Å²) >= 11 is 0. The van der Waals surface area contributed by atoms with Crippen LogP contribution in [-0.2, 0) is 0 Å². The average molecular weight is 309 g/mol. The van der Waals surface area contributed by atoms with Crippen LogP contribution in [0.4, 0.5) is 0 Å². The normalized spacial score (nSPS) is 24.4. The maximum Gasteiger partial charge on any atom is 0.126 e. The smallest absolute Gasteiger partial charge is 0.126 e. The molecule has 2 aliphatic rings. The van der Waals surface area contributed by atoms with Crippen molar-refractivity contribution in [1.82, 2.24) is 4.90 Å². The van der Waals surface area contributed by atoms with Gasteiger partial charge in [0.25, 0.3) is 0 Å². The molecule has 3 heteroatoms. The molecule has 0 amide bonds. The van der Waals surface area contributed by atoms with E-state index in [1.165, 1.54) is 11.1 Å². The van der Waals surface area contributed by atoms with Crippen molar-refractivity contribution in [2.75, 3.05) is 26.8 Å². The summed E-state index contributed by atoms with van der Waals surface area (Å²) in [6.45, 7) is 5.26. The summed E-state index contributed by atoms with van der Waals surface area (Å²) in [6.07, 6.45) is 0. The van der Waals surface area contributed by atoms with E-state index in [9.17, 15) is 0 Å². The monoisotopic (exact) mass is 309 g/mol. The first-order valence-electron chi connectivity index (χ1n) is 8.36. The predicted octanol–water partition coefficient (Wildman–Crippen LogP) is 3.86. The molecule has 0 unspecified atom stereocenters. The highest BCUT2D eigenvalue weighted by Gasteiger charge is 2.41. The number of nitrogens with zero attached hydrogens (tertiary/aromatic N) is 1. The Morgan fingerprint density at radius 3 is 2.70 bits per heavy atom. The van der Waals surface area contributed by atoms with E-state index in [1.807, 2.05) is 12.1 Å². The molecular formula is C20H23NO2. The van der Waals surface area contributed by atoms with Crippen LogP contribution >= 0.6 is 0 Å². The lowest BCUT2D eigenvalue weighted by Gasteiger charge is -2.29. The van der Waals surface area contributed by atoms with Gasteiger partial charge in [-0.15, -0.1) is 0 Å². The van der Waals surface area contributed by atoms with Gasteiger partial charge in [-0.3, -0.25) is 4.90 Å². The first kappa shape index (κ1) is 14.6. The molecule has 3 atom stereocenters. The zero-order valence-corrected chi connectivity index (χ0v) is 13.7. The fraction of sp³-hybridized carbons (Fsp3) is 0.400. The Bertz CT molecular complexity index is 671. The molecule has 3 nitrogen and oxygen atoms in total. The van der Waals surface area contributed by atoms with Gasteiger partial charge in [0.05, 0.1) is 13.7 Å². The fourth-order valence-corrected chi connectivity index (χ4v) is 4.05. The third-order valence-electron chi connectivity index (χ3n) is 5.37. The van der Waals surface area contributed by atoms with E-state index in [2.05, 4.69) is 48.2 Å². The largest absolute Gasteiger partial charge is 0.496 e. The minimum Gasteiger partial charge on any atom is -0.496 e. The van der Waals surface area contributed by atoms with Crippen LogP contribution < -0.4 is 9.47 Å². The average Bonchev–Trinajstić information content (AvgIpc) is 3.05. The lowest BCUT2D eigenvalue weighted by atomic mass is 9.86. The van der Waals surface area contributed by atoms with Gasteiger partial charge in [-0.1, -0.05) is 36.4 Å². The molecule has 120 valence electrons. The van der Waals surface area contributed by atoms with Gasteiger partial charge in [-0.05, 0) is 24.6 Å². The number of ether oxygens (including phenoxy) is 2. The van der Waals surface area contributed by atoms with Gasteiger partial charge in [-0.2, -0.15) is 0 Å². The van der Waals surface area contributed by atoms with Crippen molar-refractivity contribution in [3.8, 4) is 11.5 Å². The standard InChI is InChI=1S/C20H23NO2/c1-14(15-7-4-3-5-8-15)21-11-16-13-23-19-10-6-9-18(22-2)20(19)17(16)12-21/h3-10,14,16-17H,11-13H2,1-2H3/t14-,16-,17-/m1/s1. The van der Waals surface area contributed by atoms with Crippen molar-refractivity contribution in [1.29, 1.82) is 0 Å². The third-order valence-corrected chi connectivity index (χ3v) is 5.37. The molecule has 2 heterocycles. The molecule has 0 aromatic heterocycles. The van der Waals surface area contributed by atoms with E-state index >= 15 is 0 Å². The second kappa shape index (κ2) is 5.89. The summed E-state index contributed by atoms with van der Waals surface area (Å²) in [5, 5.41) is 0. The van der Waals surface area contributed by atoms with Crippen molar-refractivity contribution in [3.63, 3.8) is 0 Å². The minimum atomic E-state index is 0.431. The van der Waals surface area contributed by atoms with E-state index in [1.54, 1.807) is 7.11 Å². The maximum atomic E-state index is 6.01. The first-order valence-corrected chi connectivity index (χ1v) is 8.36. The van der Waals surface area contributed by atoms with Gasteiger partial charge in [0.2, 0.25) is 0 Å². The van der Waals surface area contributed by atoms with Crippen LogP contribution in [0.15, 0.2) is 48.5 Å². The highest BCUT2D eigenvalue weighted by molar-refractivity contribution is 5.49. The quantitative estimate of drug-likeness (QED) is 0.859. The Morgan fingerprint density at radius 1 is 1.09 bits per heavy atom. The summed E-state index contributed by atoms with van der Waals surface area (Å²) < 4.78 is 11.6. The number of likely N-dealkylation sites (tertiary alicyclic amines) is 1. The zero-order valence-electron chi connectivity index (χ0n) is 13.7. The molecule has 1 saturated heterocycles. The molecule has 4 rings (SSSR count). The van der Waals surface area contributed by atoms with Gasteiger partial charge >= 0.3 is 0 Å². The van der Waals surface area contributed by atoms with Gasteiger partial charge in [0.15, 0.2) is 0 Å². The molecule has 0 radical (unpaired) electrons. The van der Waals surface area contributed by atoms with Crippen molar-refractivity contribution < 1.29 is 9.47 Å². The van der Waals surface area contributed by atoms with E-state index in [0.717, 1.165) is 31.2 Å². The molecule has 0 bridgehead atoms. The highest BCUT2D eigenvalue weighted by atomic mass is 16.5. The summed E-state index contributed by atoms with van der Waals surface area (Å²) in [4.78, 5) is 2.58. The molecule has 1 fully saturated rings. The van der Waals surface area contributed by atoms with Crippen LogP contribution in [0.1, 0.15) is 30.0 Å². The number of hydrogen-bond acceptors (Lipinski definition) is 3. The van der Waals surface area contributed by atoms with Crippen molar-refractivity contribution in [2.24, 2.45) is 5.92 Å². The molecular weight excluding hydrogens is 286 g/mol. The van der Waals surface area contributed by atoms with Crippen LogP contribution in [0, 0.1) is 5.92 Å². The van der Waals surface area contributed by atoms with Crippen LogP contribution in [0.3, 0.4) is 0 Å². The van der Waals surface area contributed by atoms with Crippen LogP contribution in [0.5, 0.6) is 11.5 Å². The second-order valence-corrected chi connectivity index (χ2v) is 6.59. The molecule has 2 aromatic rings. The topological polar surface area (TPSA) is 21.7 Å². The summed E-state index contributed by atoms with van der Waals surface area (Å²) in [6, 6.07) is 17.3. The Balaban J connectivity index is 1.62. The van der Waals surface area contributed by atoms with Crippen LogP contribution in [-0.4, -0.2) is 31.7 Å². The number of benzene rings is 2. The van der Waals surface area contributed by atoms with E-state index in [-0.39, 0.29) is 0 Å². The Labute approximate surface area is 137 Å². The molecule has 0 N–H and O–H groups in total. The Hall–Kier alpha value is -2.00. The predicted molar refractivity (Wildman–Crippen MR) is 91.2 cm³/mol. The number of hydrogen-bond donors (Lipinski definition) is 0. The highest BCUT2D eigenvalue weighted by Crippen LogP contribution is 2.47. The SMILES string of the molecule is COc1cccc2c1[C@@H]1CN([C@H](C)c3ccccc3)C[C@@H]1CO2. The molecule has 0 aliphatic carbocycles. The third kappa shape index (κ3) is 2.49. The lowest BCUT2D eigenvalue weighted by Crippen LogP contribution is -2.26. The molecule has 0 saturated carbocycles. The summed E-state index contributed by atoms with van der Waals surface area (Å²) in [7, 11) is 1.75. The number of methoxy groups -OCH3 is 1. The van der Waals surface area contributed by atoms with E-state index in [4.69, 9.17) is 9.47 Å². The molecule has 23 heavy (non-hydrogen) atoms. The number of fused-ring (bicyclic) bond motifs is 3. The number of rotatable bonds is 3. The van der Waals surface area contributed by atoms with Crippen LogP contribution in [0.25, 0.3) is 0 Å². The van der Waals surface area contributed by atoms with Crippen molar-refractivity contribution in [3.05, 3.63) is 59.7 Å². The van der Waals surface area contributed by atoms with E-state index < -0.39 is 0 Å². The lowest BCUT2D eigenvalue weighted by molar-refractivity contribution is 0.201. The van der Waals surface area contributed by atoms with Gasteiger partial charge in [0.1, 0.15) is 11.5 Å². The molecule has 2 aliphatic heterocycles. The second-order valence-electron chi connectivity index (χ2n) is 6.59. The summed E-state index contributed by atoms with van der Waals surface area (Å²) in [5.41, 5.74) is 2.64. The Morgan fingerprint density at radius 2 is 1.91 bits per heavy atom. The Kier molecular flexibility index (Phi) is 3.74. The molecule has 2 aromatic carbocycles. The zero-order chi connectivity index (χ0) is 15.8. The van der Waals surface area contributed by atoms with E-state index in [0.29, 0.717) is 17.9 Å². The fourth-order valence-electron chi connectivity index (χ4n) is 4.05. The minimum absolute atomic E-state index is 0.431. The molecule has 0 spiro atoms. The first-order chi connectivity index (χ1) is 11.3. The maximum absolute atomic E-state index is 6.01. The van der Waals surface area contributed by atoms with Crippen molar-refractivity contribution >= 4 is 0 Å².